The van der Waals surface area contributed by atoms with Gasteiger partial charge in [-0.25, -0.2) is 0 Å². The Hall–Kier alpha value is -2.00. The number of carbonyl (C=O) groups excluding carboxylic acids is 1. The van der Waals surface area contributed by atoms with Crippen molar-refractivity contribution < 1.29 is 9.53 Å². The third-order valence-electron chi connectivity index (χ3n) is 7.92. The lowest BCUT2D eigenvalue weighted by Gasteiger charge is -2.46. The lowest BCUT2D eigenvalue weighted by atomic mass is 9.56. The van der Waals surface area contributed by atoms with Crippen LogP contribution in [0, 0.1) is 11.3 Å². The van der Waals surface area contributed by atoms with Crippen molar-refractivity contribution in [3.8, 4) is 5.75 Å². The van der Waals surface area contributed by atoms with E-state index in [1.54, 1.807) is 7.11 Å². The fraction of sp³-hybridized carbons (Fsp3) is 0.500. The fourth-order valence-corrected chi connectivity index (χ4v) is 6.48. The molecule has 1 N–H and O–H groups in total. The lowest BCUT2D eigenvalue weighted by molar-refractivity contribution is -0.129. The molecule has 1 heterocycles. The van der Waals surface area contributed by atoms with Gasteiger partial charge in [-0.15, -0.1) is 0 Å². The summed E-state index contributed by atoms with van der Waals surface area (Å²) in [6.45, 7) is 4.32. The molecule has 3 aliphatic rings. The van der Waals surface area contributed by atoms with Crippen LogP contribution in [-0.4, -0.2) is 19.1 Å². The normalized spacial score (nSPS) is 33.1. The zero-order valence-electron chi connectivity index (χ0n) is 18.0. The predicted molar refractivity (Wildman–Crippen MR) is 120 cm³/mol. The van der Waals surface area contributed by atoms with Crippen molar-refractivity contribution in [1.82, 2.24) is 5.32 Å². The van der Waals surface area contributed by atoms with Gasteiger partial charge in [0.05, 0.1) is 12.5 Å². The van der Waals surface area contributed by atoms with Crippen LogP contribution >= 0.6 is 11.6 Å². The van der Waals surface area contributed by atoms with Gasteiger partial charge in [-0.3, -0.25) is 4.79 Å². The van der Waals surface area contributed by atoms with E-state index in [2.05, 4.69) is 49.5 Å². The topological polar surface area (TPSA) is 38.3 Å². The highest BCUT2D eigenvalue weighted by molar-refractivity contribution is 6.31. The van der Waals surface area contributed by atoms with Gasteiger partial charge < -0.3 is 10.1 Å². The molecule has 0 spiro atoms. The number of fused-ring (bicyclic) bond motifs is 1. The van der Waals surface area contributed by atoms with Crippen molar-refractivity contribution in [1.29, 1.82) is 0 Å². The van der Waals surface area contributed by atoms with Gasteiger partial charge in [0.25, 0.3) is 0 Å². The summed E-state index contributed by atoms with van der Waals surface area (Å²) in [7, 11) is 1.67. The standard InChI is InChI=1S/C26H30ClNO2/c1-15-24-23(18-8-6-17(7-9-18)16-4-5-16)21(12-13-26(24,2)25(29)28-15)20-11-10-19(30-3)14-22(20)27/h6-11,14-16,21,23-24H,4-5,12-13H2,1-3H3,(H,28,29)/t15-,21+,23+,24+,26-/m1/s1. The van der Waals surface area contributed by atoms with Gasteiger partial charge in [0.2, 0.25) is 5.91 Å². The average Bonchev–Trinajstić information content (AvgIpc) is 3.56. The Morgan fingerprint density at radius 2 is 1.77 bits per heavy atom. The predicted octanol–water partition coefficient (Wildman–Crippen LogP) is 6.03. The Labute approximate surface area is 184 Å². The summed E-state index contributed by atoms with van der Waals surface area (Å²) in [6, 6.07) is 15.4. The summed E-state index contributed by atoms with van der Waals surface area (Å²) < 4.78 is 5.37. The number of rotatable bonds is 4. The van der Waals surface area contributed by atoms with Gasteiger partial charge in [-0.05, 0) is 79.2 Å². The van der Waals surface area contributed by atoms with Gasteiger partial charge >= 0.3 is 0 Å². The largest absolute Gasteiger partial charge is 0.497 e. The van der Waals surface area contributed by atoms with Crippen LogP contribution in [0.3, 0.4) is 0 Å². The Kier molecular flexibility index (Phi) is 4.85. The Balaban J connectivity index is 1.59. The molecule has 0 unspecified atom stereocenters. The maximum absolute atomic E-state index is 12.9. The molecule has 3 nitrogen and oxygen atoms in total. The van der Waals surface area contributed by atoms with Crippen LogP contribution in [0.25, 0.3) is 0 Å². The first-order valence-electron chi connectivity index (χ1n) is 11.2. The molecule has 30 heavy (non-hydrogen) atoms. The second kappa shape index (κ2) is 7.30. The van der Waals surface area contributed by atoms with Crippen molar-refractivity contribution in [2.24, 2.45) is 11.3 Å². The SMILES string of the molecule is COc1ccc([C@@H]2CC[C@@]3(C)C(=O)N[C@H](C)[C@H]3[C@H]2c2ccc(C3CC3)cc2)c(Cl)c1. The highest BCUT2D eigenvalue weighted by Crippen LogP contribution is 2.59. The van der Waals surface area contributed by atoms with E-state index in [1.165, 1.54) is 29.5 Å². The minimum atomic E-state index is -0.325. The van der Waals surface area contributed by atoms with Crippen molar-refractivity contribution in [3.63, 3.8) is 0 Å². The second-order valence-electron chi connectivity index (χ2n) is 9.70. The third-order valence-corrected chi connectivity index (χ3v) is 8.25. The summed E-state index contributed by atoms with van der Waals surface area (Å²) in [6.07, 6.45) is 4.46. The lowest BCUT2D eigenvalue weighted by Crippen LogP contribution is -2.42. The second-order valence-corrected chi connectivity index (χ2v) is 10.1. The van der Waals surface area contributed by atoms with Crippen molar-refractivity contribution >= 4 is 17.5 Å². The molecule has 5 rings (SSSR count). The van der Waals surface area contributed by atoms with Gasteiger partial charge in [-0.1, -0.05) is 48.9 Å². The monoisotopic (exact) mass is 423 g/mol. The molecule has 1 amide bonds. The van der Waals surface area contributed by atoms with Crippen molar-refractivity contribution in [2.75, 3.05) is 7.11 Å². The number of methoxy groups -OCH3 is 1. The van der Waals surface area contributed by atoms with Crippen LogP contribution in [0.5, 0.6) is 5.75 Å². The Bertz CT molecular complexity index is 967. The molecular formula is C26H30ClNO2. The molecular weight excluding hydrogens is 394 g/mol. The van der Waals surface area contributed by atoms with Crippen LogP contribution in [0.2, 0.25) is 5.02 Å². The van der Waals surface area contributed by atoms with Crippen molar-refractivity contribution in [3.05, 3.63) is 64.2 Å². The molecule has 3 fully saturated rings. The number of benzene rings is 2. The molecule has 0 bridgehead atoms. The van der Waals surface area contributed by atoms with Crippen LogP contribution in [0.4, 0.5) is 0 Å². The van der Waals surface area contributed by atoms with Gasteiger partial charge in [-0.2, -0.15) is 0 Å². The third kappa shape index (κ3) is 3.13. The first-order valence-corrected chi connectivity index (χ1v) is 11.5. The molecule has 158 valence electrons. The first-order chi connectivity index (χ1) is 14.4. The number of halogens is 1. The van der Waals surface area contributed by atoms with Gasteiger partial charge in [0, 0.05) is 17.0 Å². The number of carbonyl (C=O) groups is 1. The van der Waals surface area contributed by atoms with E-state index in [1.807, 2.05) is 12.1 Å². The molecule has 2 aromatic carbocycles. The maximum atomic E-state index is 12.9. The quantitative estimate of drug-likeness (QED) is 0.652. The van der Waals surface area contributed by atoms with E-state index in [-0.39, 0.29) is 35.1 Å². The van der Waals surface area contributed by atoms with Crippen LogP contribution in [-0.2, 0) is 4.79 Å². The highest BCUT2D eigenvalue weighted by Gasteiger charge is 2.57. The maximum Gasteiger partial charge on any atom is 0.226 e. The molecule has 4 heteroatoms. The molecule has 5 atom stereocenters. The Morgan fingerprint density at radius 3 is 2.40 bits per heavy atom. The average molecular weight is 424 g/mol. The van der Waals surface area contributed by atoms with Crippen LogP contribution in [0.1, 0.15) is 74.0 Å². The van der Waals surface area contributed by atoms with Crippen LogP contribution in [0.15, 0.2) is 42.5 Å². The number of ether oxygens (including phenoxy) is 1. The molecule has 2 aliphatic carbocycles. The molecule has 2 aromatic rings. The highest BCUT2D eigenvalue weighted by atomic mass is 35.5. The number of amides is 1. The Morgan fingerprint density at radius 1 is 1.07 bits per heavy atom. The van der Waals surface area contributed by atoms with Crippen LogP contribution < -0.4 is 10.1 Å². The fourth-order valence-electron chi connectivity index (χ4n) is 6.17. The smallest absolute Gasteiger partial charge is 0.226 e. The number of hydrogen-bond donors (Lipinski definition) is 1. The zero-order valence-corrected chi connectivity index (χ0v) is 18.7. The molecule has 1 saturated heterocycles. The van der Waals surface area contributed by atoms with E-state index in [0.717, 1.165) is 29.5 Å². The zero-order chi connectivity index (χ0) is 21.0. The van der Waals surface area contributed by atoms with Crippen molar-refractivity contribution in [2.45, 2.75) is 63.3 Å². The van der Waals surface area contributed by atoms with E-state index in [4.69, 9.17) is 16.3 Å². The summed E-state index contributed by atoms with van der Waals surface area (Å²) >= 11 is 6.75. The summed E-state index contributed by atoms with van der Waals surface area (Å²) in [5.41, 5.74) is 3.62. The van der Waals surface area contributed by atoms with Gasteiger partial charge in [0.1, 0.15) is 5.75 Å². The number of nitrogens with one attached hydrogen (secondary N) is 1. The summed E-state index contributed by atoms with van der Waals surface area (Å²) in [4.78, 5) is 12.9. The molecule has 0 aromatic heterocycles. The van der Waals surface area contributed by atoms with E-state index < -0.39 is 0 Å². The summed E-state index contributed by atoms with van der Waals surface area (Å²) in [5, 5.41) is 4.01. The van der Waals surface area contributed by atoms with E-state index >= 15 is 0 Å². The number of hydrogen-bond acceptors (Lipinski definition) is 2. The molecule has 0 radical (unpaired) electrons. The van der Waals surface area contributed by atoms with Gasteiger partial charge in [0.15, 0.2) is 0 Å². The molecule has 1 aliphatic heterocycles. The summed E-state index contributed by atoms with van der Waals surface area (Å²) in [5.74, 6) is 2.50. The molecule has 2 saturated carbocycles. The first kappa shape index (κ1) is 19.9. The van der Waals surface area contributed by atoms with E-state index in [0.29, 0.717) is 0 Å². The van der Waals surface area contributed by atoms with E-state index in [9.17, 15) is 4.79 Å². The minimum Gasteiger partial charge on any atom is -0.497 e. The minimum absolute atomic E-state index is 0.149.